The van der Waals surface area contributed by atoms with Crippen LogP contribution in [-0.2, 0) is 0 Å². The molecule has 1 aromatic carbocycles. The fourth-order valence-corrected chi connectivity index (χ4v) is 3.18. The molecule has 2 aliphatic heterocycles. The SMILES string of the molecule is CC1=NN2C(C1)Oc1ccccc1C2n1nc(C)cc1C. The largest absolute Gasteiger partial charge is 0.468 e. The van der Waals surface area contributed by atoms with Gasteiger partial charge in [0.25, 0.3) is 0 Å². The molecule has 2 aliphatic rings. The molecule has 0 N–H and O–H groups in total. The van der Waals surface area contributed by atoms with Crippen LogP contribution in [0.3, 0.4) is 0 Å². The molecular formula is C16H18N4O. The molecule has 0 radical (unpaired) electrons. The number of ether oxygens (including phenoxy) is 1. The number of hydrazone groups is 1. The first-order valence-corrected chi connectivity index (χ1v) is 7.24. The molecule has 21 heavy (non-hydrogen) atoms. The molecule has 3 heterocycles. The summed E-state index contributed by atoms with van der Waals surface area (Å²) < 4.78 is 8.14. The van der Waals surface area contributed by atoms with Gasteiger partial charge >= 0.3 is 0 Å². The Morgan fingerprint density at radius 3 is 2.76 bits per heavy atom. The van der Waals surface area contributed by atoms with E-state index in [4.69, 9.17) is 4.74 Å². The summed E-state index contributed by atoms with van der Waals surface area (Å²) in [5.41, 5.74) is 4.36. The average Bonchev–Trinajstić information content (AvgIpc) is 2.97. The second-order valence-corrected chi connectivity index (χ2v) is 5.78. The lowest BCUT2D eigenvalue weighted by molar-refractivity contribution is -0.0237. The molecule has 1 aromatic heterocycles. The minimum absolute atomic E-state index is 0.0335. The Balaban J connectivity index is 1.90. The summed E-state index contributed by atoms with van der Waals surface area (Å²) in [4.78, 5) is 0. The van der Waals surface area contributed by atoms with Gasteiger partial charge in [-0.15, -0.1) is 0 Å². The maximum atomic E-state index is 6.09. The summed E-state index contributed by atoms with van der Waals surface area (Å²) in [5, 5.41) is 11.4. The van der Waals surface area contributed by atoms with Crippen molar-refractivity contribution in [1.82, 2.24) is 14.8 Å². The molecular weight excluding hydrogens is 264 g/mol. The lowest BCUT2D eigenvalue weighted by atomic mass is 10.1. The third kappa shape index (κ3) is 1.84. The van der Waals surface area contributed by atoms with E-state index in [-0.39, 0.29) is 12.4 Å². The Bertz CT molecular complexity index is 734. The van der Waals surface area contributed by atoms with Crippen LogP contribution in [0.2, 0.25) is 0 Å². The van der Waals surface area contributed by atoms with Crippen molar-refractivity contribution in [3.63, 3.8) is 0 Å². The Labute approximate surface area is 123 Å². The second kappa shape index (κ2) is 4.35. The Morgan fingerprint density at radius 1 is 1.19 bits per heavy atom. The summed E-state index contributed by atoms with van der Waals surface area (Å²) in [6.45, 7) is 6.15. The first kappa shape index (κ1) is 12.4. The van der Waals surface area contributed by atoms with Crippen LogP contribution in [0, 0.1) is 13.8 Å². The number of nitrogens with zero attached hydrogens (tertiary/aromatic N) is 4. The van der Waals surface area contributed by atoms with Crippen LogP contribution in [0.5, 0.6) is 5.75 Å². The first-order chi connectivity index (χ1) is 10.1. The number of benzene rings is 1. The van der Waals surface area contributed by atoms with Gasteiger partial charge in [-0.2, -0.15) is 10.2 Å². The number of hydrogen-bond acceptors (Lipinski definition) is 4. The average molecular weight is 282 g/mol. The van der Waals surface area contributed by atoms with Crippen molar-refractivity contribution in [2.75, 3.05) is 0 Å². The second-order valence-electron chi connectivity index (χ2n) is 5.78. The van der Waals surface area contributed by atoms with Crippen LogP contribution in [0.15, 0.2) is 35.4 Å². The quantitative estimate of drug-likeness (QED) is 0.807. The van der Waals surface area contributed by atoms with Crippen LogP contribution in [0.25, 0.3) is 0 Å². The molecule has 0 bridgehead atoms. The lowest BCUT2D eigenvalue weighted by Gasteiger charge is -2.38. The van der Waals surface area contributed by atoms with Crippen LogP contribution in [0.1, 0.15) is 36.5 Å². The van der Waals surface area contributed by atoms with Gasteiger partial charge in [0.2, 0.25) is 0 Å². The van der Waals surface area contributed by atoms with E-state index in [1.54, 1.807) is 0 Å². The molecule has 0 aliphatic carbocycles. The highest BCUT2D eigenvalue weighted by atomic mass is 16.5. The summed E-state index contributed by atoms with van der Waals surface area (Å²) >= 11 is 0. The Hall–Kier alpha value is -2.30. The molecule has 0 saturated carbocycles. The highest BCUT2D eigenvalue weighted by Crippen LogP contribution is 2.40. The van der Waals surface area contributed by atoms with Crippen molar-refractivity contribution in [2.45, 2.75) is 39.6 Å². The van der Waals surface area contributed by atoms with E-state index in [9.17, 15) is 0 Å². The van der Waals surface area contributed by atoms with E-state index < -0.39 is 0 Å². The molecule has 108 valence electrons. The van der Waals surface area contributed by atoms with Gasteiger partial charge < -0.3 is 4.74 Å². The molecule has 2 atom stereocenters. The van der Waals surface area contributed by atoms with Crippen molar-refractivity contribution in [1.29, 1.82) is 0 Å². The fourth-order valence-electron chi connectivity index (χ4n) is 3.18. The molecule has 4 rings (SSSR count). The minimum atomic E-state index is -0.0360. The third-order valence-corrected chi connectivity index (χ3v) is 4.04. The van der Waals surface area contributed by atoms with Gasteiger partial charge in [0.1, 0.15) is 5.75 Å². The number of aromatic nitrogens is 2. The van der Waals surface area contributed by atoms with Gasteiger partial charge in [-0.25, -0.2) is 9.69 Å². The van der Waals surface area contributed by atoms with E-state index >= 15 is 0 Å². The topological polar surface area (TPSA) is 42.6 Å². The van der Waals surface area contributed by atoms with Crippen LogP contribution in [0.4, 0.5) is 0 Å². The van der Waals surface area contributed by atoms with Crippen LogP contribution in [-0.4, -0.2) is 26.7 Å². The van der Waals surface area contributed by atoms with E-state index in [1.807, 2.05) is 41.7 Å². The summed E-state index contributed by atoms with van der Waals surface area (Å²) in [6.07, 6.45) is 0.768. The lowest BCUT2D eigenvalue weighted by Crippen LogP contribution is -2.42. The van der Waals surface area contributed by atoms with Crippen molar-refractivity contribution < 1.29 is 4.74 Å². The fraction of sp³-hybridized carbons (Fsp3) is 0.375. The maximum absolute atomic E-state index is 6.09. The number of para-hydroxylation sites is 1. The highest BCUT2D eigenvalue weighted by Gasteiger charge is 2.40. The van der Waals surface area contributed by atoms with E-state index in [1.165, 1.54) is 0 Å². The first-order valence-electron chi connectivity index (χ1n) is 7.24. The van der Waals surface area contributed by atoms with Gasteiger partial charge in [0.15, 0.2) is 12.4 Å². The van der Waals surface area contributed by atoms with Gasteiger partial charge in [-0.3, -0.25) is 0 Å². The molecule has 2 aromatic rings. The number of fused-ring (bicyclic) bond motifs is 2. The smallest absolute Gasteiger partial charge is 0.195 e. The normalized spacial score (nSPS) is 23.4. The third-order valence-electron chi connectivity index (χ3n) is 4.04. The number of aryl methyl sites for hydroxylation is 2. The molecule has 0 amide bonds. The summed E-state index contributed by atoms with van der Waals surface area (Å²) in [6, 6.07) is 10.3. The Morgan fingerprint density at radius 2 is 2.00 bits per heavy atom. The van der Waals surface area contributed by atoms with Gasteiger partial charge in [-0.05, 0) is 32.9 Å². The number of rotatable bonds is 1. The van der Waals surface area contributed by atoms with Crippen molar-refractivity contribution in [2.24, 2.45) is 5.10 Å². The van der Waals surface area contributed by atoms with Crippen LogP contribution < -0.4 is 4.74 Å². The molecule has 5 nitrogen and oxygen atoms in total. The van der Waals surface area contributed by atoms with Gasteiger partial charge in [-0.1, -0.05) is 18.2 Å². The summed E-state index contributed by atoms with van der Waals surface area (Å²) in [7, 11) is 0. The highest BCUT2D eigenvalue weighted by molar-refractivity contribution is 5.83. The molecule has 5 heteroatoms. The maximum Gasteiger partial charge on any atom is 0.195 e. The zero-order valence-corrected chi connectivity index (χ0v) is 12.4. The monoisotopic (exact) mass is 282 g/mol. The van der Waals surface area contributed by atoms with Gasteiger partial charge in [0.05, 0.1) is 5.69 Å². The van der Waals surface area contributed by atoms with Gasteiger partial charge in [0, 0.05) is 23.4 Å². The van der Waals surface area contributed by atoms with E-state index in [0.29, 0.717) is 0 Å². The van der Waals surface area contributed by atoms with Crippen molar-refractivity contribution in [3.05, 3.63) is 47.3 Å². The zero-order chi connectivity index (χ0) is 14.6. The molecule has 2 unspecified atom stereocenters. The molecule has 0 spiro atoms. The van der Waals surface area contributed by atoms with Crippen LogP contribution >= 0.6 is 0 Å². The molecule has 0 fully saturated rings. The van der Waals surface area contributed by atoms with Crippen molar-refractivity contribution >= 4 is 5.71 Å². The predicted molar refractivity (Wildman–Crippen MR) is 80.3 cm³/mol. The van der Waals surface area contributed by atoms with Crippen molar-refractivity contribution in [3.8, 4) is 5.75 Å². The number of hydrogen-bond donors (Lipinski definition) is 0. The summed E-state index contributed by atoms with van der Waals surface area (Å²) in [5.74, 6) is 0.932. The van der Waals surface area contributed by atoms with E-state index in [2.05, 4.69) is 29.3 Å². The standard InChI is InChI=1S/C16H18N4O/c1-10-8-12(3)19(17-10)16-13-6-4-5-7-14(13)21-15-9-11(2)18-20(15)16/h4-8,15-16H,9H2,1-3H3. The molecule has 0 saturated heterocycles. The Kier molecular flexibility index (Phi) is 2.58. The predicted octanol–water partition coefficient (Wildman–Crippen LogP) is 2.85. The van der Waals surface area contributed by atoms with E-state index in [0.717, 1.165) is 34.8 Å². The minimum Gasteiger partial charge on any atom is -0.468 e. The zero-order valence-electron chi connectivity index (χ0n) is 12.4.